The first-order valence-electron chi connectivity index (χ1n) is 6.96. The SMILES string of the molecule is CC(C)(N)CCCNCC(C)(C)c1cccc(Br)c1. The van der Waals surface area contributed by atoms with Gasteiger partial charge in [-0.1, -0.05) is 41.9 Å². The van der Waals surface area contributed by atoms with E-state index in [1.165, 1.54) is 5.56 Å². The van der Waals surface area contributed by atoms with Crippen molar-refractivity contribution in [3.8, 4) is 0 Å². The number of rotatable bonds is 7. The third kappa shape index (κ3) is 6.55. The van der Waals surface area contributed by atoms with Gasteiger partial charge in [0.25, 0.3) is 0 Å². The minimum absolute atomic E-state index is 0.0541. The molecule has 0 saturated carbocycles. The van der Waals surface area contributed by atoms with Crippen LogP contribution in [0.5, 0.6) is 0 Å². The quantitative estimate of drug-likeness (QED) is 0.747. The first kappa shape index (κ1) is 16.7. The van der Waals surface area contributed by atoms with E-state index in [-0.39, 0.29) is 11.0 Å². The normalized spacial score (nSPS) is 12.7. The van der Waals surface area contributed by atoms with Crippen LogP contribution in [-0.4, -0.2) is 18.6 Å². The second-order valence-corrected chi connectivity index (χ2v) is 7.58. The van der Waals surface area contributed by atoms with Crippen LogP contribution in [0, 0.1) is 0 Å². The molecule has 0 radical (unpaired) electrons. The summed E-state index contributed by atoms with van der Waals surface area (Å²) in [5.41, 5.74) is 7.42. The van der Waals surface area contributed by atoms with Crippen LogP contribution in [0.3, 0.4) is 0 Å². The third-order valence-corrected chi connectivity index (χ3v) is 3.84. The Bertz CT molecular complexity index is 394. The molecule has 1 rings (SSSR count). The Morgan fingerprint density at radius 2 is 1.89 bits per heavy atom. The predicted molar refractivity (Wildman–Crippen MR) is 87.5 cm³/mol. The summed E-state index contributed by atoms with van der Waals surface area (Å²) in [6, 6.07) is 8.55. The molecule has 1 aromatic rings. The average Bonchev–Trinajstić information content (AvgIpc) is 2.27. The van der Waals surface area contributed by atoms with Crippen molar-refractivity contribution in [2.75, 3.05) is 13.1 Å². The van der Waals surface area contributed by atoms with Crippen LogP contribution in [0.1, 0.15) is 46.1 Å². The molecule has 0 aliphatic rings. The fourth-order valence-electron chi connectivity index (χ4n) is 2.08. The Labute approximate surface area is 126 Å². The van der Waals surface area contributed by atoms with E-state index in [0.717, 1.165) is 30.4 Å². The van der Waals surface area contributed by atoms with Gasteiger partial charge in [0.15, 0.2) is 0 Å². The Morgan fingerprint density at radius 3 is 2.47 bits per heavy atom. The van der Waals surface area contributed by atoms with Gasteiger partial charge in [0.2, 0.25) is 0 Å². The summed E-state index contributed by atoms with van der Waals surface area (Å²) in [4.78, 5) is 0. The van der Waals surface area contributed by atoms with Gasteiger partial charge < -0.3 is 11.1 Å². The number of nitrogens with one attached hydrogen (secondary N) is 1. The van der Waals surface area contributed by atoms with E-state index in [9.17, 15) is 0 Å². The van der Waals surface area contributed by atoms with E-state index in [0.29, 0.717) is 0 Å². The second kappa shape index (κ2) is 6.87. The van der Waals surface area contributed by atoms with Crippen molar-refractivity contribution in [1.82, 2.24) is 5.32 Å². The lowest BCUT2D eigenvalue weighted by Gasteiger charge is -2.26. The molecule has 0 bridgehead atoms. The van der Waals surface area contributed by atoms with Crippen molar-refractivity contribution in [3.63, 3.8) is 0 Å². The molecule has 0 atom stereocenters. The number of benzene rings is 1. The lowest BCUT2D eigenvalue weighted by molar-refractivity contribution is 0.424. The van der Waals surface area contributed by atoms with Crippen LogP contribution in [0.25, 0.3) is 0 Å². The summed E-state index contributed by atoms with van der Waals surface area (Å²) in [6.07, 6.45) is 2.18. The summed E-state index contributed by atoms with van der Waals surface area (Å²) in [5.74, 6) is 0. The number of hydrogen-bond donors (Lipinski definition) is 2. The molecule has 0 saturated heterocycles. The monoisotopic (exact) mass is 326 g/mol. The summed E-state index contributed by atoms with van der Waals surface area (Å²) in [7, 11) is 0. The molecule has 1 aromatic carbocycles. The molecule has 2 nitrogen and oxygen atoms in total. The van der Waals surface area contributed by atoms with Crippen molar-refractivity contribution in [1.29, 1.82) is 0 Å². The van der Waals surface area contributed by atoms with Gasteiger partial charge in [-0.3, -0.25) is 0 Å². The third-order valence-electron chi connectivity index (χ3n) is 3.35. The summed E-state index contributed by atoms with van der Waals surface area (Å²) in [6.45, 7) is 10.7. The zero-order chi connectivity index (χ0) is 14.5. The maximum absolute atomic E-state index is 5.98. The number of halogens is 1. The molecule has 0 spiro atoms. The number of nitrogens with two attached hydrogens (primary N) is 1. The van der Waals surface area contributed by atoms with Gasteiger partial charge in [-0.25, -0.2) is 0 Å². The molecule has 19 heavy (non-hydrogen) atoms. The van der Waals surface area contributed by atoms with E-state index in [1.54, 1.807) is 0 Å². The minimum Gasteiger partial charge on any atom is -0.326 e. The lowest BCUT2D eigenvalue weighted by atomic mass is 9.84. The fourth-order valence-corrected chi connectivity index (χ4v) is 2.48. The van der Waals surface area contributed by atoms with Crippen LogP contribution in [0.15, 0.2) is 28.7 Å². The summed E-state index contributed by atoms with van der Waals surface area (Å²) in [5, 5.41) is 3.55. The highest BCUT2D eigenvalue weighted by Gasteiger charge is 2.20. The van der Waals surface area contributed by atoms with Crippen molar-refractivity contribution >= 4 is 15.9 Å². The van der Waals surface area contributed by atoms with Crippen molar-refractivity contribution in [2.24, 2.45) is 5.73 Å². The highest BCUT2D eigenvalue weighted by Crippen LogP contribution is 2.25. The largest absolute Gasteiger partial charge is 0.326 e. The van der Waals surface area contributed by atoms with E-state index < -0.39 is 0 Å². The molecule has 0 aromatic heterocycles. The molecule has 0 unspecified atom stereocenters. The molecular weight excluding hydrogens is 300 g/mol. The maximum atomic E-state index is 5.98. The summed E-state index contributed by atoms with van der Waals surface area (Å²) < 4.78 is 1.14. The molecule has 0 heterocycles. The molecular formula is C16H27BrN2. The van der Waals surface area contributed by atoms with Crippen LogP contribution < -0.4 is 11.1 Å². The maximum Gasteiger partial charge on any atom is 0.0178 e. The Kier molecular flexibility index (Phi) is 6.03. The van der Waals surface area contributed by atoms with Crippen LogP contribution in [-0.2, 0) is 5.41 Å². The van der Waals surface area contributed by atoms with Crippen LogP contribution >= 0.6 is 15.9 Å². The van der Waals surface area contributed by atoms with E-state index in [2.05, 4.69) is 73.2 Å². The van der Waals surface area contributed by atoms with E-state index in [1.807, 2.05) is 0 Å². The van der Waals surface area contributed by atoms with Crippen molar-refractivity contribution < 1.29 is 0 Å². The van der Waals surface area contributed by atoms with Crippen molar-refractivity contribution in [2.45, 2.75) is 51.5 Å². The lowest BCUT2D eigenvalue weighted by Crippen LogP contribution is -2.36. The highest BCUT2D eigenvalue weighted by atomic mass is 79.9. The van der Waals surface area contributed by atoms with Gasteiger partial charge in [0, 0.05) is 22.0 Å². The van der Waals surface area contributed by atoms with Gasteiger partial charge in [0.05, 0.1) is 0 Å². The first-order valence-corrected chi connectivity index (χ1v) is 7.76. The second-order valence-electron chi connectivity index (χ2n) is 6.66. The molecule has 108 valence electrons. The molecule has 3 N–H and O–H groups in total. The van der Waals surface area contributed by atoms with Gasteiger partial charge in [0.1, 0.15) is 0 Å². The molecule has 0 aliphatic heterocycles. The Morgan fingerprint density at radius 1 is 1.21 bits per heavy atom. The van der Waals surface area contributed by atoms with E-state index >= 15 is 0 Å². The summed E-state index contributed by atoms with van der Waals surface area (Å²) >= 11 is 3.54. The van der Waals surface area contributed by atoms with Gasteiger partial charge >= 0.3 is 0 Å². The zero-order valence-corrected chi connectivity index (χ0v) is 14.2. The van der Waals surface area contributed by atoms with Crippen LogP contribution in [0.2, 0.25) is 0 Å². The van der Waals surface area contributed by atoms with E-state index in [4.69, 9.17) is 5.73 Å². The molecule has 0 aliphatic carbocycles. The highest BCUT2D eigenvalue weighted by molar-refractivity contribution is 9.10. The smallest absolute Gasteiger partial charge is 0.0178 e. The Balaban J connectivity index is 2.39. The van der Waals surface area contributed by atoms with Gasteiger partial charge in [-0.15, -0.1) is 0 Å². The zero-order valence-electron chi connectivity index (χ0n) is 12.6. The number of hydrogen-bond acceptors (Lipinski definition) is 2. The first-order chi connectivity index (χ1) is 8.71. The molecule has 3 heteroatoms. The minimum atomic E-state index is -0.0541. The van der Waals surface area contributed by atoms with Gasteiger partial charge in [-0.05, 0) is 50.9 Å². The standard InChI is InChI=1S/C16H27BrN2/c1-15(2,13-7-5-8-14(17)11-13)12-19-10-6-9-16(3,4)18/h5,7-8,11,19H,6,9-10,12,18H2,1-4H3. The molecule has 0 fully saturated rings. The average molecular weight is 327 g/mol. The molecule has 0 amide bonds. The van der Waals surface area contributed by atoms with Gasteiger partial charge in [-0.2, -0.15) is 0 Å². The topological polar surface area (TPSA) is 38.0 Å². The fraction of sp³-hybridized carbons (Fsp3) is 0.625. The Hall–Kier alpha value is -0.380. The predicted octanol–water partition coefficient (Wildman–Crippen LogP) is 3.83. The van der Waals surface area contributed by atoms with Crippen LogP contribution in [0.4, 0.5) is 0 Å². The van der Waals surface area contributed by atoms with Crippen molar-refractivity contribution in [3.05, 3.63) is 34.3 Å².